The van der Waals surface area contributed by atoms with E-state index in [0.717, 1.165) is 38.6 Å². The van der Waals surface area contributed by atoms with Gasteiger partial charge in [0.15, 0.2) is 0 Å². The first kappa shape index (κ1) is 13.6. The molecule has 1 aromatic rings. The minimum absolute atomic E-state index is 0.146. The smallest absolute Gasteiger partial charge is 0.235 e. The monoisotopic (exact) mass is 288 g/mol. The van der Waals surface area contributed by atoms with Crippen molar-refractivity contribution >= 4 is 23.1 Å². The topological polar surface area (TPSA) is 46.3 Å². The van der Waals surface area contributed by atoms with Crippen LogP contribution in [0.4, 0.5) is 0 Å². The van der Waals surface area contributed by atoms with Gasteiger partial charge >= 0.3 is 0 Å². The van der Waals surface area contributed by atoms with E-state index in [-0.39, 0.29) is 5.91 Å². The third-order valence-electron chi connectivity index (χ3n) is 4.73. The zero-order valence-electron chi connectivity index (χ0n) is 11.6. The van der Waals surface area contributed by atoms with Crippen LogP contribution in [0.2, 0.25) is 0 Å². The van der Waals surface area contributed by atoms with Crippen molar-refractivity contribution in [2.75, 3.05) is 6.54 Å². The lowest BCUT2D eigenvalue weighted by Crippen LogP contribution is -2.54. The van der Waals surface area contributed by atoms with Crippen molar-refractivity contribution in [1.29, 1.82) is 0 Å². The lowest BCUT2D eigenvalue weighted by Gasteiger charge is -2.42. The molecule has 0 spiro atoms. The Hall–Kier alpha value is -1.42. The number of fused-ring (bicyclic) bond motifs is 1. The summed E-state index contributed by atoms with van der Waals surface area (Å²) in [5, 5.41) is 0. The molecule has 1 saturated carbocycles. The third-order valence-corrected chi connectivity index (χ3v) is 5.12. The molecule has 1 aliphatic heterocycles. The summed E-state index contributed by atoms with van der Waals surface area (Å²) >= 11 is 5.17. The number of rotatable bonds is 2. The van der Waals surface area contributed by atoms with Gasteiger partial charge in [-0.25, -0.2) is 0 Å². The molecule has 4 heteroatoms. The summed E-state index contributed by atoms with van der Waals surface area (Å²) in [7, 11) is 0. The summed E-state index contributed by atoms with van der Waals surface area (Å²) in [6.07, 6.45) is 4.74. The van der Waals surface area contributed by atoms with Crippen LogP contribution in [-0.4, -0.2) is 22.3 Å². The average Bonchev–Trinajstić information content (AvgIpc) is 2.58. The first-order chi connectivity index (χ1) is 9.63. The van der Waals surface area contributed by atoms with Crippen molar-refractivity contribution < 1.29 is 4.79 Å². The maximum Gasteiger partial charge on any atom is 0.235 e. The number of nitrogens with zero attached hydrogens (tertiary/aromatic N) is 1. The third kappa shape index (κ3) is 2.12. The predicted octanol–water partition coefficient (Wildman–Crippen LogP) is 2.42. The highest BCUT2D eigenvalue weighted by Gasteiger charge is 2.48. The van der Waals surface area contributed by atoms with Crippen LogP contribution in [-0.2, 0) is 17.8 Å². The Bertz CT molecular complexity index is 551. The van der Waals surface area contributed by atoms with E-state index < -0.39 is 5.41 Å². The van der Waals surface area contributed by atoms with Crippen LogP contribution < -0.4 is 5.73 Å². The molecule has 0 aromatic heterocycles. The Labute approximate surface area is 125 Å². The number of amides is 1. The standard InChI is InChI=1S/C16H20N2OS/c17-14(20)16(8-4-9-16)15(19)18-10-3-7-12-5-1-2-6-13(12)11-18/h1-2,5-6H,3-4,7-11H2,(H2,17,20). The fraction of sp³-hybridized carbons (Fsp3) is 0.500. The number of aryl methyl sites for hydroxylation is 1. The average molecular weight is 288 g/mol. The van der Waals surface area contributed by atoms with Crippen LogP contribution in [0.25, 0.3) is 0 Å². The highest BCUT2D eigenvalue weighted by molar-refractivity contribution is 7.80. The zero-order valence-corrected chi connectivity index (χ0v) is 12.4. The predicted molar refractivity (Wildman–Crippen MR) is 83.2 cm³/mol. The maximum absolute atomic E-state index is 12.9. The Morgan fingerprint density at radius 2 is 1.90 bits per heavy atom. The first-order valence-electron chi connectivity index (χ1n) is 7.29. The minimum atomic E-state index is -0.547. The largest absolute Gasteiger partial charge is 0.392 e. The van der Waals surface area contributed by atoms with Gasteiger partial charge in [-0.2, -0.15) is 0 Å². The molecular formula is C16H20N2OS. The first-order valence-corrected chi connectivity index (χ1v) is 7.70. The fourth-order valence-corrected chi connectivity index (χ4v) is 3.56. The van der Waals surface area contributed by atoms with Crippen LogP contribution >= 0.6 is 12.2 Å². The van der Waals surface area contributed by atoms with Gasteiger partial charge in [-0.05, 0) is 36.8 Å². The fourth-order valence-electron chi connectivity index (χ4n) is 3.27. The molecular weight excluding hydrogens is 268 g/mol. The van der Waals surface area contributed by atoms with Gasteiger partial charge < -0.3 is 10.6 Å². The highest BCUT2D eigenvalue weighted by atomic mass is 32.1. The van der Waals surface area contributed by atoms with Gasteiger partial charge in [0.2, 0.25) is 5.91 Å². The van der Waals surface area contributed by atoms with Crippen molar-refractivity contribution in [3.8, 4) is 0 Å². The molecule has 2 N–H and O–H groups in total. The second-order valence-corrected chi connectivity index (χ2v) is 6.34. The van der Waals surface area contributed by atoms with Gasteiger partial charge in [0.05, 0.1) is 10.4 Å². The molecule has 1 heterocycles. The molecule has 0 radical (unpaired) electrons. The van der Waals surface area contributed by atoms with E-state index >= 15 is 0 Å². The molecule has 3 nitrogen and oxygen atoms in total. The Morgan fingerprint density at radius 1 is 1.20 bits per heavy atom. The van der Waals surface area contributed by atoms with Crippen molar-refractivity contribution in [1.82, 2.24) is 4.90 Å². The summed E-state index contributed by atoms with van der Waals surface area (Å²) < 4.78 is 0. The molecule has 1 aromatic carbocycles. The van der Waals surface area contributed by atoms with E-state index in [4.69, 9.17) is 18.0 Å². The second-order valence-electron chi connectivity index (χ2n) is 5.90. The number of hydrogen-bond acceptors (Lipinski definition) is 2. The number of thiocarbonyl (C=S) groups is 1. The Morgan fingerprint density at radius 3 is 2.50 bits per heavy atom. The molecule has 3 rings (SSSR count). The van der Waals surface area contributed by atoms with Gasteiger partial charge in [-0.1, -0.05) is 42.9 Å². The summed E-state index contributed by atoms with van der Waals surface area (Å²) in [5.41, 5.74) is 7.93. The quantitative estimate of drug-likeness (QED) is 0.850. The molecule has 1 aliphatic carbocycles. The van der Waals surface area contributed by atoms with Gasteiger partial charge in [-0.15, -0.1) is 0 Å². The van der Waals surface area contributed by atoms with Crippen molar-refractivity contribution in [3.63, 3.8) is 0 Å². The van der Waals surface area contributed by atoms with Gasteiger partial charge in [0.25, 0.3) is 0 Å². The summed E-state index contributed by atoms with van der Waals surface area (Å²) in [5.74, 6) is 0.146. The van der Waals surface area contributed by atoms with Crippen LogP contribution in [0.3, 0.4) is 0 Å². The normalized spacial score (nSPS) is 20.5. The highest BCUT2D eigenvalue weighted by Crippen LogP contribution is 2.43. The van der Waals surface area contributed by atoms with Gasteiger partial charge in [0, 0.05) is 13.1 Å². The van der Waals surface area contributed by atoms with Crippen LogP contribution in [0.5, 0.6) is 0 Å². The Kier molecular flexibility index (Phi) is 3.50. The van der Waals surface area contributed by atoms with Crippen molar-refractivity contribution in [3.05, 3.63) is 35.4 Å². The molecule has 1 amide bonds. The summed E-state index contributed by atoms with van der Waals surface area (Å²) in [6, 6.07) is 8.39. The molecule has 20 heavy (non-hydrogen) atoms. The van der Waals surface area contributed by atoms with Crippen LogP contribution in [0.1, 0.15) is 36.8 Å². The van der Waals surface area contributed by atoms with Crippen molar-refractivity contribution in [2.24, 2.45) is 11.1 Å². The van der Waals surface area contributed by atoms with Gasteiger partial charge in [0.1, 0.15) is 0 Å². The second kappa shape index (κ2) is 5.17. The number of carbonyl (C=O) groups is 1. The minimum Gasteiger partial charge on any atom is -0.392 e. The lowest BCUT2D eigenvalue weighted by atomic mass is 9.67. The molecule has 1 fully saturated rings. The number of nitrogens with two attached hydrogens (primary N) is 1. The molecule has 0 atom stereocenters. The molecule has 0 unspecified atom stereocenters. The number of carbonyl (C=O) groups excluding carboxylic acids is 1. The lowest BCUT2D eigenvalue weighted by molar-refractivity contribution is -0.142. The summed E-state index contributed by atoms with van der Waals surface area (Å²) in [6.45, 7) is 1.50. The van der Waals surface area contributed by atoms with E-state index in [1.807, 2.05) is 11.0 Å². The van der Waals surface area contributed by atoms with Crippen molar-refractivity contribution in [2.45, 2.75) is 38.6 Å². The number of benzene rings is 1. The number of hydrogen-bond donors (Lipinski definition) is 1. The van der Waals surface area contributed by atoms with E-state index in [0.29, 0.717) is 11.5 Å². The van der Waals surface area contributed by atoms with Crippen LogP contribution in [0.15, 0.2) is 24.3 Å². The SMILES string of the molecule is NC(=S)C1(C(=O)N2CCCc3ccccc3C2)CCC1. The van der Waals surface area contributed by atoms with Gasteiger partial charge in [-0.3, -0.25) is 4.79 Å². The van der Waals surface area contributed by atoms with E-state index in [9.17, 15) is 4.79 Å². The molecule has 0 saturated heterocycles. The van der Waals surface area contributed by atoms with E-state index in [1.165, 1.54) is 11.1 Å². The summed E-state index contributed by atoms with van der Waals surface area (Å²) in [4.78, 5) is 15.2. The van der Waals surface area contributed by atoms with E-state index in [1.54, 1.807) is 0 Å². The van der Waals surface area contributed by atoms with E-state index in [2.05, 4.69) is 18.2 Å². The Balaban J connectivity index is 1.84. The zero-order chi connectivity index (χ0) is 14.2. The molecule has 106 valence electrons. The molecule has 2 aliphatic rings. The molecule has 0 bridgehead atoms. The van der Waals surface area contributed by atoms with Crippen LogP contribution in [0, 0.1) is 5.41 Å². The maximum atomic E-state index is 12.9.